The van der Waals surface area contributed by atoms with Crippen LogP contribution in [-0.4, -0.2) is 37.9 Å². The van der Waals surface area contributed by atoms with Crippen molar-refractivity contribution in [2.75, 3.05) is 7.11 Å². The van der Waals surface area contributed by atoms with Gasteiger partial charge in [0.25, 0.3) is 22.5 Å². The van der Waals surface area contributed by atoms with Crippen molar-refractivity contribution in [1.82, 2.24) is 4.90 Å². The molecule has 0 N–H and O–H groups in total. The first kappa shape index (κ1) is 26.7. The summed E-state index contributed by atoms with van der Waals surface area (Å²) in [6, 6.07) is 12.9. The first-order chi connectivity index (χ1) is 18.6. The molecule has 0 atom stereocenters. The van der Waals surface area contributed by atoms with Crippen LogP contribution in [0.3, 0.4) is 0 Å². The summed E-state index contributed by atoms with van der Waals surface area (Å²) in [6.45, 7) is -0.0654. The van der Waals surface area contributed by atoms with Crippen LogP contribution >= 0.6 is 11.8 Å². The molecule has 1 aliphatic heterocycles. The van der Waals surface area contributed by atoms with Crippen LogP contribution in [0, 0.1) is 30.3 Å². The summed E-state index contributed by atoms with van der Waals surface area (Å²) in [5, 5.41) is 32.7. The highest BCUT2D eigenvalue weighted by molar-refractivity contribution is 8.18. The second-order valence-electron chi connectivity index (χ2n) is 7.87. The monoisotopic (exact) mass is 552 g/mol. The van der Waals surface area contributed by atoms with E-state index in [0.29, 0.717) is 11.1 Å². The smallest absolute Gasteiger partial charge is 0.318 e. The van der Waals surface area contributed by atoms with Gasteiger partial charge in [0.2, 0.25) is 5.75 Å². The third-order valence-corrected chi connectivity index (χ3v) is 6.32. The van der Waals surface area contributed by atoms with E-state index in [-0.39, 0.29) is 34.4 Å². The van der Waals surface area contributed by atoms with Gasteiger partial charge in [-0.05, 0) is 47.2 Å². The van der Waals surface area contributed by atoms with Crippen LogP contribution in [0.25, 0.3) is 6.08 Å². The van der Waals surface area contributed by atoms with Gasteiger partial charge in [-0.15, -0.1) is 0 Å². The second kappa shape index (κ2) is 11.0. The molecule has 1 aliphatic rings. The molecule has 1 fully saturated rings. The van der Waals surface area contributed by atoms with Crippen LogP contribution in [0.4, 0.5) is 21.9 Å². The van der Waals surface area contributed by atoms with Crippen LogP contribution in [0.15, 0.2) is 65.6 Å². The van der Waals surface area contributed by atoms with E-state index in [2.05, 4.69) is 0 Å². The first-order valence-corrected chi connectivity index (χ1v) is 11.7. The van der Waals surface area contributed by atoms with Gasteiger partial charge in [0.05, 0.1) is 39.4 Å². The van der Waals surface area contributed by atoms with E-state index in [1.165, 1.54) is 55.7 Å². The fourth-order valence-corrected chi connectivity index (χ4v) is 4.36. The zero-order chi connectivity index (χ0) is 28.3. The van der Waals surface area contributed by atoms with Crippen molar-refractivity contribution < 1.29 is 33.8 Å². The summed E-state index contributed by atoms with van der Waals surface area (Å²) in [6.07, 6.45) is 1.46. The van der Waals surface area contributed by atoms with E-state index in [1.54, 1.807) is 0 Å². The Morgan fingerprint density at radius 1 is 0.821 bits per heavy atom. The Balaban J connectivity index is 1.55. The van der Waals surface area contributed by atoms with E-state index in [0.717, 1.165) is 34.9 Å². The molecule has 4 rings (SSSR count). The Morgan fingerprint density at radius 3 is 2.08 bits per heavy atom. The number of imide groups is 1. The van der Waals surface area contributed by atoms with E-state index < -0.39 is 37.3 Å². The average molecular weight is 552 g/mol. The third-order valence-electron chi connectivity index (χ3n) is 5.42. The van der Waals surface area contributed by atoms with Crippen LogP contribution in [0.5, 0.6) is 17.2 Å². The number of carbonyl (C=O) groups is 2. The number of methoxy groups -OCH3 is 1. The van der Waals surface area contributed by atoms with Crippen molar-refractivity contribution in [3.63, 3.8) is 0 Å². The first-order valence-electron chi connectivity index (χ1n) is 10.8. The predicted molar refractivity (Wildman–Crippen MR) is 137 cm³/mol. The number of thioether (sulfide) groups is 1. The molecule has 0 saturated carbocycles. The standard InChI is InChI=1S/C24H16N4O10S/c1-37-21-10-15(4-8-20(21)38-19-9-7-17(27(33)34)12-18(19)28(35)36)11-22-23(29)25(24(30)39-22)13-14-2-5-16(6-3-14)26(31)32/h2-12H,13H2,1H3. The van der Waals surface area contributed by atoms with Crippen LogP contribution in [0.2, 0.25) is 0 Å². The fraction of sp³-hybridized carbons (Fsp3) is 0.0833. The number of non-ortho nitro benzene ring substituents is 2. The number of amides is 2. The van der Waals surface area contributed by atoms with Gasteiger partial charge in [-0.3, -0.25) is 44.8 Å². The quantitative estimate of drug-likeness (QED) is 0.187. The number of benzene rings is 3. The van der Waals surface area contributed by atoms with E-state index >= 15 is 0 Å². The highest BCUT2D eigenvalue weighted by atomic mass is 32.2. The Labute approximate surface area is 222 Å². The number of nitrogens with zero attached hydrogens (tertiary/aromatic N) is 4. The summed E-state index contributed by atoms with van der Waals surface area (Å²) in [5.74, 6) is -0.590. The lowest BCUT2D eigenvalue weighted by Gasteiger charge is -2.12. The molecule has 3 aromatic carbocycles. The number of rotatable bonds is 9. The summed E-state index contributed by atoms with van der Waals surface area (Å²) >= 11 is 0.721. The number of nitro groups is 3. The molecule has 39 heavy (non-hydrogen) atoms. The summed E-state index contributed by atoms with van der Waals surface area (Å²) in [4.78, 5) is 57.6. The Bertz CT molecular complexity index is 1550. The zero-order valence-electron chi connectivity index (χ0n) is 19.8. The van der Waals surface area contributed by atoms with Gasteiger partial charge in [-0.2, -0.15) is 0 Å². The largest absolute Gasteiger partial charge is 0.493 e. The maximum absolute atomic E-state index is 12.9. The normalized spacial score (nSPS) is 14.0. The number of hydrogen-bond donors (Lipinski definition) is 0. The van der Waals surface area contributed by atoms with Crippen molar-refractivity contribution in [3.05, 3.63) is 107 Å². The van der Waals surface area contributed by atoms with Gasteiger partial charge >= 0.3 is 5.69 Å². The minimum atomic E-state index is -0.810. The number of carbonyl (C=O) groups excluding carboxylic acids is 2. The number of nitro benzene ring substituents is 3. The van der Waals surface area contributed by atoms with Gasteiger partial charge in [-0.25, -0.2) is 0 Å². The molecule has 0 bridgehead atoms. The average Bonchev–Trinajstić information content (AvgIpc) is 3.16. The Hall–Kier alpha value is -5.31. The summed E-state index contributed by atoms with van der Waals surface area (Å²) in [5.41, 5.74) is -0.209. The molecule has 14 nitrogen and oxygen atoms in total. The topological polar surface area (TPSA) is 185 Å². The molecule has 0 spiro atoms. The third kappa shape index (κ3) is 5.83. The molecule has 1 heterocycles. The molecule has 0 unspecified atom stereocenters. The number of hydrogen-bond acceptors (Lipinski definition) is 11. The summed E-state index contributed by atoms with van der Waals surface area (Å²) in [7, 11) is 1.33. The van der Waals surface area contributed by atoms with Crippen LogP contribution in [0.1, 0.15) is 11.1 Å². The van der Waals surface area contributed by atoms with E-state index in [4.69, 9.17) is 9.47 Å². The van der Waals surface area contributed by atoms with Crippen molar-refractivity contribution in [3.8, 4) is 17.2 Å². The van der Waals surface area contributed by atoms with Gasteiger partial charge in [-0.1, -0.05) is 18.2 Å². The molecule has 198 valence electrons. The Kier molecular flexibility index (Phi) is 7.53. The molecule has 0 radical (unpaired) electrons. The van der Waals surface area contributed by atoms with Crippen molar-refractivity contribution in [2.45, 2.75) is 6.54 Å². The van der Waals surface area contributed by atoms with Crippen molar-refractivity contribution in [2.24, 2.45) is 0 Å². The maximum Gasteiger partial charge on any atom is 0.318 e. The number of ether oxygens (including phenoxy) is 2. The lowest BCUT2D eigenvalue weighted by Crippen LogP contribution is -2.27. The molecule has 3 aromatic rings. The molecular formula is C24H16N4O10S. The SMILES string of the molecule is COc1cc(C=C2SC(=O)N(Cc3ccc([N+](=O)[O-])cc3)C2=O)ccc1Oc1ccc([N+](=O)[O-])cc1[N+](=O)[O-]. The van der Waals surface area contributed by atoms with Gasteiger partial charge in [0.15, 0.2) is 11.5 Å². The van der Waals surface area contributed by atoms with Crippen LogP contribution in [-0.2, 0) is 11.3 Å². The van der Waals surface area contributed by atoms with E-state index in [1.807, 2.05) is 0 Å². The van der Waals surface area contributed by atoms with Gasteiger partial charge < -0.3 is 9.47 Å². The highest BCUT2D eigenvalue weighted by Crippen LogP contribution is 2.39. The lowest BCUT2D eigenvalue weighted by molar-refractivity contribution is -0.394. The summed E-state index contributed by atoms with van der Waals surface area (Å²) < 4.78 is 10.9. The van der Waals surface area contributed by atoms with Crippen molar-refractivity contribution >= 4 is 46.0 Å². The Morgan fingerprint density at radius 2 is 1.46 bits per heavy atom. The van der Waals surface area contributed by atoms with E-state index in [9.17, 15) is 39.9 Å². The maximum atomic E-state index is 12.9. The predicted octanol–water partition coefficient (Wildman–Crippen LogP) is 5.45. The molecule has 0 aliphatic carbocycles. The van der Waals surface area contributed by atoms with Crippen molar-refractivity contribution in [1.29, 1.82) is 0 Å². The second-order valence-corrected chi connectivity index (χ2v) is 8.86. The van der Waals surface area contributed by atoms with Gasteiger partial charge in [0, 0.05) is 18.2 Å². The molecule has 2 amide bonds. The zero-order valence-corrected chi connectivity index (χ0v) is 20.7. The molecule has 1 saturated heterocycles. The molecule has 0 aromatic heterocycles. The minimum absolute atomic E-state index is 0.0654. The highest BCUT2D eigenvalue weighted by Gasteiger charge is 2.35. The lowest BCUT2D eigenvalue weighted by atomic mass is 10.1. The van der Waals surface area contributed by atoms with Crippen LogP contribution < -0.4 is 9.47 Å². The molecular weight excluding hydrogens is 536 g/mol. The molecule has 15 heteroatoms. The van der Waals surface area contributed by atoms with Gasteiger partial charge in [0.1, 0.15) is 0 Å². The fourth-order valence-electron chi connectivity index (χ4n) is 3.52. The minimum Gasteiger partial charge on any atom is -0.493 e.